The molecule has 0 saturated heterocycles. The van der Waals surface area contributed by atoms with Gasteiger partial charge in [-0.2, -0.15) is 5.26 Å². The summed E-state index contributed by atoms with van der Waals surface area (Å²) in [5.74, 6) is -0.228. The number of hydrogen-bond acceptors (Lipinski definition) is 4. The molecule has 4 heteroatoms. The van der Waals surface area contributed by atoms with E-state index in [9.17, 15) is 9.59 Å². The number of nitrogens with zero attached hydrogens (tertiary/aromatic N) is 1. The van der Waals surface area contributed by atoms with E-state index in [0.717, 1.165) is 11.8 Å². The molecule has 0 aromatic carbocycles. The van der Waals surface area contributed by atoms with E-state index in [-0.39, 0.29) is 17.3 Å². The minimum absolute atomic E-state index is 0.0440. The van der Waals surface area contributed by atoms with Crippen LogP contribution in [0.5, 0.6) is 0 Å². The molecule has 0 heterocycles. The molecule has 0 aliphatic heterocycles. The Morgan fingerprint density at radius 3 is 2.50 bits per heavy atom. The van der Waals surface area contributed by atoms with E-state index < -0.39 is 5.92 Å². The van der Waals surface area contributed by atoms with Gasteiger partial charge in [0.2, 0.25) is 5.12 Å². The van der Waals surface area contributed by atoms with Crippen molar-refractivity contribution in [1.29, 1.82) is 5.26 Å². The Morgan fingerprint density at radius 1 is 1.58 bits per heavy atom. The predicted octanol–water partition coefficient (Wildman–Crippen LogP) is 1.38. The van der Waals surface area contributed by atoms with Crippen LogP contribution in [-0.2, 0) is 9.59 Å². The predicted molar refractivity (Wildman–Crippen MR) is 47.5 cm³/mol. The molecule has 0 bridgehead atoms. The molecular formula is C8H11NO2S. The van der Waals surface area contributed by atoms with Crippen LogP contribution >= 0.6 is 11.8 Å². The summed E-state index contributed by atoms with van der Waals surface area (Å²) in [5, 5.41) is 8.34. The summed E-state index contributed by atoms with van der Waals surface area (Å²) in [4.78, 5) is 21.7. The van der Waals surface area contributed by atoms with Crippen molar-refractivity contribution in [1.82, 2.24) is 0 Å². The lowest BCUT2D eigenvalue weighted by Gasteiger charge is -2.02. The molecule has 0 fully saturated rings. The average Bonchev–Trinajstić information content (AvgIpc) is 2.00. The van der Waals surface area contributed by atoms with Crippen LogP contribution in [0.2, 0.25) is 0 Å². The van der Waals surface area contributed by atoms with Gasteiger partial charge in [0, 0.05) is 6.42 Å². The van der Waals surface area contributed by atoms with E-state index in [2.05, 4.69) is 0 Å². The third kappa shape index (κ3) is 4.14. The largest absolute Gasteiger partial charge is 0.300 e. The highest BCUT2D eigenvalue weighted by atomic mass is 32.2. The normalized spacial score (nSPS) is 11.8. The molecule has 0 amide bonds. The lowest BCUT2D eigenvalue weighted by atomic mass is 10.1. The molecule has 0 aromatic heterocycles. The van der Waals surface area contributed by atoms with Crippen molar-refractivity contribution in [3.8, 4) is 6.07 Å². The second-order valence-electron chi connectivity index (χ2n) is 2.34. The summed E-state index contributed by atoms with van der Waals surface area (Å²) >= 11 is 1.09. The molecule has 1 unspecified atom stereocenters. The van der Waals surface area contributed by atoms with Crippen molar-refractivity contribution >= 4 is 22.7 Å². The van der Waals surface area contributed by atoms with Crippen LogP contribution in [0.1, 0.15) is 20.3 Å². The fraction of sp³-hybridized carbons (Fsp3) is 0.625. The van der Waals surface area contributed by atoms with E-state index in [1.807, 2.05) is 13.0 Å². The van der Waals surface area contributed by atoms with Crippen LogP contribution in [0.25, 0.3) is 0 Å². The molecule has 0 rings (SSSR count). The molecule has 0 N–H and O–H groups in total. The van der Waals surface area contributed by atoms with Crippen LogP contribution in [0, 0.1) is 17.2 Å². The van der Waals surface area contributed by atoms with Gasteiger partial charge in [-0.3, -0.25) is 9.59 Å². The zero-order chi connectivity index (χ0) is 9.56. The van der Waals surface area contributed by atoms with Gasteiger partial charge in [-0.25, -0.2) is 0 Å². The molecule has 0 spiro atoms. The molecule has 0 radical (unpaired) electrons. The topological polar surface area (TPSA) is 57.9 Å². The number of ketones is 1. The molecule has 12 heavy (non-hydrogen) atoms. The van der Waals surface area contributed by atoms with E-state index in [4.69, 9.17) is 5.26 Å². The van der Waals surface area contributed by atoms with Crippen molar-refractivity contribution in [2.24, 2.45) is 5.92 Å². The quantitative estimate of drug-likeness (QED) is 0.664. The lowest BCUT2D eigenvalue weighted by Crippen LogP contribution is -2.12. The summed E-state index contributed by atoms with van der Waals surface area (Å²) in [6, 6.07) is 1.83. The van der Waals surface area contributed by atoms with E-state index in [1.165, 1.54) is 6.92 Å². The highest BCUT2D eigenvalue weighted by Crippen LogP contribution is 2.13. The van der Waals surface area contributed by atoms with Gasteiger partial charge in [-0.05, 0) is 12.7 Å². The first kappa shape index (κ1) is 11.2. The van der Waals surface area contributed by atoms with Crippen molar-refractivity contribution in [2.75, 3.05) is 5.75 Å². The molecule has 3 nitrogen and oxygen atoms in total. The molecule has 66 valence electrons. The number of thioether (sulfide) groups is 1. The van der Waals surface area contributed by atoms with Crippen LogP contribution < -0.4 is 0 Å². The average molecular weight is 185 g/mol. The number of hydrogen-bond donors (Lipinski definition) is 0. The van der Waals surface area contributed by atoms with Gasteiger partial charge in [0.05, 0.1) is 6.07 Å². The van der Waals surface area contributed by atoms with Gasteiger partial charge in [0.1, 0.15) is 11.7 Å². The summed E-state index contributed by atoms with van der Waals surface area (Å²) in [6.45, 7) is 3.22. The van der Waals surface area contributed by atoms with Crippen LogP contribution in [0.15, 0.2) is 0 Å². The van der Waals surface area contributed by atoms with Gasteiger partial charge in [-0.1, -0.05) is 18.7 Å². The maximum atomic E-state index is 11.1. The van der Waals surface area contributed by atoms with Crippen LogP contribution in [-0.4, -0.2) is 16.7 Å². The van der Waals surface area contributed by atoms with Gasteiger partial charge >= 0.3 is 0 Å². The molecular weight excluding hydrogens is 174 g/mol. The first-order chi connectivity index (χ1) is 5.61. The summed E-state index contributed by atoms with van der Waals surface area (Å²) in [5.41, 5.74) is 0. The van der Waals surface area contributed by atoms with E-state index >= 15 is 0 Å². The number of nitriles is 1. The molecule has 1 atom stereocenters. The van der Waals surface area contributed by atoms with Gasteiger partial charge < -0.3 is 0 Å². The highest BCUT2D eigenvalue weighted by molar-refractivity contribution is 8.13. The number of rotatable bonds is 4. The third-order valence-electron chi connectivity index (χ3n) is 1.22. The number of Topliss-reactive ketones (excluding diaryl/α,β-unsaturated/α-hetero) is 1. The van der Waals surface area contributed by atoms with Crippen molar-refractivity contribution in [2.45, 2.75) is 20.3 Å². The Labute approximate surface area is 76.1 Å². The summed E-state index contributed by atoms with van der Waals surface area (Å²) in [7, 11) is 0. The second-order valence-corrected chi connectivity index (χ2v) is 3.61. The number of carbonyl (C=O) groups excluding carboxylic acids is 2. The Kier molecular flexibility index (Phi) is 5.39. The summed E-state index contributed by atoms with van der Waals surface area (Å²) < 4.78 is 0. The van der Waals surface area contributed by atoms with E-state index in [0.29, 0.717) is 5.75 Å². The minimum Gasteiger partial charge on any atom is -0.300 e. The monoisotopic (exact) mass is 185 g/mol. The first-order valence-corrected chi connectivity index (χ1v) is 4.66. The first-order valence-electron chi connectivity index (χ1n) is 3.67. The zero-order valence-corrected chi connectivity index (χ0v) is 7.98. The Morgan fingerprint density at radius 2 is 2.17 bits per heavy atom. The van der Waals surface area contributed by atoms with Crippen LogP contribution in [0.4, 0.5) is 0 Å². The minimum atomic E-state index is -0.757. The van der Waals surface area contributed by atoms with E-state index in [1.54, 1.807) is 0 Å². The third-order valence-corrected chi connectivity index (χ3v) is 2.08. The van der Waals surface area contributed by atoms with Gasteiger partial charge in [-0.15, -0.1) is 0 Å². The smallest absolute Gasteiger partial charge is 0.206 e. The molecule has 0 aliphatic rings. The molecule has 0 aromatic rings. The van der Waals surface area contributed by atoms with Crippen molar-refractivity contribution in [3.05, 3.63) is 0 Å². The highest BCUT2D eigenvalue weighted by Gasteiger charge is 2.18. The van der Waals surface area contributed by atoms with Gasteiger partial charge in [0.15, 0.2) is 0 Å². The Balaban J connectivity index is 4.08. The molecule has 0 saturated carbocycles. The Bertz CT molecular complexity index is 220. The maximum absolute atomic E-state index is 11.1. The van der Waals surface area contributed by atoms with Gasteiger partial charge in [0.25, 0.3) is 0 Å². The zero-order valence-electron chi connectivity index (χ0n) is 7.16. The maximum Gasteiger partial charge on any atom is 0.206 e. The second kappa shape index (κ2) is 5.78. The Hall–Kier alpha value is -0.820. The SMILES string of the molecule is CCSC(=O)C(C#N)CC(C)=O. The summed E-state index contributed by atoms with van der Waals surface area (Å²) in [6.07, 6.45) is 0.0440. The van der Waals surface area contributed by atoms with Crippen molar-refractivity contribution < 1.29 is 9.59 Å². The fourth-order valence-corrected chi connectivity index (χ4v) is 1.33. The fourth-order valence-electron chi connectivity index (χ4n) is 0.712. The lowest BCUT2D eigenvalue weighted by molar-refractivity contribution is -0.121. The number of carbonyl (C=O) groups is 2. The molecule has 0 aliphatic carbocycles. The van der Waals surface area contributed by atoms with Crippen LogP contribution in [0.3, 0.4) is 0 Å². The standard InChI is InChI=1S/C8H11NO2S/c1-3-12-8(11)7(5-9)4-6(2)10/h7H,3-4H2,1-2H3. The van der Waals surface area contributed by atoms with Crippen molar-refractivity contribution in [3.63, 3.8) is 0 Å².